The van der Waals surface area contributed by atoms with E-state index >= 15 is 0 Å². The fourth-order valence-corrected chi connectivity index (χ4v) is 2.34. The van der Waals surface area contributed by atoms with Crippen LogP contribution in [0.5, 0.6) is 0 Å². The summed E-state index contributed by atoms with van der Waals surface area (Å²) in [6, 6.07) is 0. The van der Waals surface area contributed by atoms with E-state index in [9.17, 15) is 0 Å². The molecule has 0 saturated heterocycles. The lowest BCUT2D eigenvalue weighted by atomic mass is 9.98. The van der Waals surface area contributed by atoms with Crippen molar-refractivity contribution in [3.8, 4) is 0 Å². The van der Waals surface area contributed by atoms with E-state index in [2.05, 4.69) is 29.8 Å². The molecule has 1 aliphatic rings. The predicted molar refractivity (Wildman–Crippen MR) is 69.6 cm³/mol. The molecule has 0 aromatic heterocycles. The molecule has 0 N–H and O–H groups in total. The van der Waals surface area contributed by atoms with Gasteiger partial charge in [-0.05, 0) is 38.7 Å². The van der Waals surface area contributed by atoms with Crippen LogP contribution in [0.4, 0.5) is 0 Å². The molecule has 0 fully saturated rings. The largest absolute Gasteiger partial charge is 0.374 e. The van der Waals surface area contributed by atoms with Gasteiger partial charge in [0.05, 0.1) is 12.7 Å². The fourth-order valence-electron chi connectivity index (χ4n) is 1.95. The number of hydrogen-bond donors (Lipinski definition) is 0. The summed E-state index contributed by atoms with van der Waals surface area (Å²) in [5, 5.41) is 1.15. The van der Waals surface area contributed by atoms with Crippen LogP contribution < -0.4 is 0 Å². The summed E-state index contributed by atoms with van der Waals surface area (Å²) in [6.45, 7) is 5.29. The molecule has 0 aliphatic carbocycles. The van der Waals surface area contributed by atoms with Gasteiger partial charge in [-0.1, -0.05) is 40.8 Å². The maximum absolute atomic E-state index is 5.80. The first kappa shape index (κ1) is 13.2. The number of alkyl halides is 1. The van der Waals surface area contributed by atoms with Gasteiger partial charge in [-0.3, -0.25) is 0 Å². The molecule has 1 atom stereocenters. The van der Waals surface area contributed by atoms with Crippen LogP contribution in [0, 0.1) is 0 Å². The molecule has 0 spiro atoms. The maximum atomic E-state index is 5.80. The molecule has 1 aliphatic heterocycles. The van der Waals surface area contributed by atoms with Crippen molar-refractivity contribution < 1.29 is 4.74 Å². The zero-order valence-corrected chi connectivity index (χ0v) is 11.6. The quantitative estimate of drug-likeness (QED) is 0.395. The molecule has 0 amide bonds. The Hall–Kier alpha value is 0.180. The molecule has 1 rings (SSSR count). The highest BCUT2D eigenvalue weighted by atomic mass is 79.9. The van der Waals surface area contributed by atoms with Crippen LogP contribution in [0.25, 0.3) is 0 Å². The molecule has 0 aromatic rings. The molecule has 0 aromatic carbocycles. The Morgan fingerprint density at radius 2 is 1.87 bits per heavy atom. The van der Waals surface area contributed by atoms with E-state index in [0.29, 0.717) is 6.10 Å². The van der Waals surface area contributed by atoms with Crippen LogP contribution in [0.3, 0.4) is 0 Å². The zero-order chi connectivity index (χ0) is 11.1. The number of rotatable bonds is 6. The smallest absolute Gasteiger partial charge is 0.0680 e. The monoisotopic (exact) mass is 274 g/mol. The van der Waals surface area contributed by atoms with Gasteiger partial charge in [-0.25, -0.2) is 0 Å². The van der Waals surface area contributed by atoms with Crippen molar-refractivity contribution in [2.24, 2.45) is 0 Å². The Labute approximate surface area is 102 Å². The lowest BCUT2D eigenvalue weighted by Crippen LogP contribution is -2.20. The highest BCUT2D eigenvalue weighted by molar-refractivity contribution is 9.09. The lowest BCUT2D eigenvalue weighted by molar-refractivity contribution is 0.0504. The Balaban J connectivity index is 2.08. The van der Waals surface area contributed by atoms with Crippen molar-refractivity contribution in [2.75, 3.05) is 11.9 Å². The Morgan fingerprint density at radius 3 is 2.53 bits per heavy atom. The highest BCUT2D eigenvalue weighted by Crippen LogP contribution is 2.23. The lowest BCUT2D eigenvalue weighted by Gasteiger charge is -2.25. The van der Waals surface area contributed by atoms with Crippen molar-refractivity contribution in [3.05, 3.63) is 11.1 Å². The van der Waals surface area contributed by atoms with Gasteiger partial charge in [0.25, 0.3) is 0 Å². The Morgan fingerprint density at radius 1 is 1.13 bits per heavy atom. The molecule has 88 valence electrons. The first-order valence-corrected chi connectivity index (χ1v) is 7.19. The minimum atomic E-state index is 0.498. The van der Waals surface area contributed by atoms with Crippen LogP contribution in [-0.4, -0.2) is 18.0 Å². The van der Waals surface area contributed by atoms with Crippen LogP contribution >= 0.6 is 15.9 Å². The molecule has 0 unspecified atom stereocenters. The average molecular weight is 275 g/mol. The van der Waals surface area contributed by atoms with Gasteiger partial charge in [0.2, 0.25) is 0 Å². The van der Waals surface area contributed by atoms with Crippen molar-refractivity contribution in [1.29, 1.82) is 0 Å². The van der Waals surface area contributed by atoms with E-state index in [1.165, 1.54) is 37.7 Å². The molecule has 0 radical (unpaired) electrons. The van der Waals surface area contributed by atoms with Crippen LogP contribution in [0.15, 0.2) is 11.1 Å². The standard InChI is InChI=1S/C13H23BrO/c1-11-9-13(15-10-12(11)2)7-5-3-4-6-8-14/h13H,3-10H2,1-2H3/t13-/m0/s1. The van der Waals surface area contributed by atoms with Crippen molar-refractivity contribution in [2.45, 2.75) is 58.5 Å². The molecule has 1 nitrogen and oxygen atoms in total. The summed E-state index contributed by atoms with van der Waals surface area (Å²) in [6.07, 6.45) is 8.24. The van der Waals surface area contributed by atoms with Crippen molar-refractivity contribution in [1.82, 2.24) is 0 Å². The third-order valence-corrected chi connectivity index (χ3v) is 3.77. The number of ether oxygens (including phenoxy) is 1. The molecule has 0 saturated carbocycles. The van der Waals surface area contributed by atoms with Gasteiger partial charge in [0.1, 0.15) is 0 Å². The van der Waals surface area contributed by atoms with Gasteiger partial charge in [-0.2, -0.15) is 0 Å². The predicted octanol–water partition coefficient (Wildman–Crippen LogP) is 4.46. The van der Waals surface area contributed by atoms with Crippen LogP contribution in [0.2, 0.25) is 0 Å². The van der Waals surface area contributed by atoms with Gasteiger partial charge in [0.15, 0.2) is 0 Å². The van der Waals surface area contributed by atoms with Crippen molar-refractivity contribution >= 4 is 15.9 Å². The minimum absolute atomic E-state index is 0.498. The van der Waals surface area contributed by atoms with Crippen molar-refractivity contribution in [3.63, 3.8) is 0 Å². The summed E-state index contributed by atoms with van der Waals surface area (Å²) >= 11 is 3.46. The van der Waals surface area contributed by atoms with E-state index in [1.807, 2.05) is 0 Å². The van der Waals surface area contributed by atoms with E-state index in [4.69, 9.17) is 4.74 Å². The molecular weight excluding hydrogens is 252 g/mol. The third-order valence-electron chi connectivity index (χ3n) is 3.21. The van der Waals surface area contributed by atoms with Gasteiger partial charge in [0, 0.05) is 5.33 Å². The normalized spacial score (nSPS) is 22.2. The summed E-state index contributed by atoms with van der Waals surface area (Å²) in [5.74, 6) is 0. The summed E-state index contributed by atoms with van der Waals surface area (Å²) in [5.41, 5.74) is 2.98. The first-order valence-electron chi connectivity index (χ1n) is 6.07. The molecular formula is C13H23BrO. The third kappa shape index (κ3) is 5.17. The van der Waals surface area contributed by atoms with E-state index in [1.54, 1.807) is 5.57 Å². The number of unbranched alkanes of at least 4 members (excludes halogenated alkanes) is 3. The first-order chi connectivity index (χ1) is 7.24. The average Bonchev–Trinajstić information content (AvgIpc) is 2.23. The molecule has 2 heteroatoms. The summed E-state index contributed by atoms with van der Waals surface area (Å²) < 4.78 is 5.80. The molecule has 1 heterocycles. The van der Waals surface area contributed by atoms with Gasteiger partial charge >= 0.3 is 0 Å². The second-order valence-electron chi connectivity index (χ2n) is 4.59. The second kappa shape index (κ2) is 7.45. The number of hydrogen-bond acceptors (Lipinski definition) is 1. The van der Waals surface area contributed by atoms with E-state index in [0.717, 1.165) is 18.4 Å². The van der Waals surface area contributed by atoms with Crippen LogP contribution in [-0.2, 0) is 4.74 Å². The van der Waals surface area contributed by atoms with Crippen LogP contribution in [0.1, 0.15) is 52.4 Å². The van der Waals surface area contributed by atoms with Gasteiger partial charge < -0.3 is 4.74 Å². The maximum Gasteiger partial charge on any atom is 0.0680 e. The number of halogens is 1. The SMILES string of the molecule is CC1=C(C)C[C@H](CCCCCCBr)OC1. The van der Waals surface area contributed by atoms with E-state index < -0.39 is 0 Å². The van der Waals surface area contributed by atoms with Gasteiger partial charge in [-0.15, -0.1) is 0 Å². The highest BCUT2D eigenvalue weighted by Gasteiger charge is 2.16. The second-order valence-corrected chi connectivity index (χ2v) is 5.38. The fraction of sp³-hybridized carbons (Fsp3) is 0.846. The summed E-state index contributed by atoms with van der Waals surface area (Å²) in [4.78, 5) is 0. The Kier molecular flexibility index (Phi) is 6.58. The zero-order valence-electron chi connectivity index (χ0n) is 10.0. The molecule has 15 heavy (non-hydrogen) atoms. The topological polar surface area (TPSA) is 9.23 Å². The summed E-state index contributed by atoms with van der Waals surface area (Å²) in [7, 11) is 0. The Bertz CT molecular complexity index is 211. The van der Waals surface area contributed by atoms with E-state index in [-0.39, 0.29) is 0 Å². The minimum Gasteiger partial charge on any atom is -0.374 e. The molecule has 0 bridgehead atoms.